The monoisotopic (exact) mass is 546 g/mol. The molecule has 0 aromatic heterocycles. The lowest BCUT2D eigenvalue weighted by atomic mass is 9.58. The standard InChI is InChI=1S/C40H38N2/c1-26(2)36-25-37-27(3)24-38(36)40-35(29-16-20-33(21-17-29)42-31-12-8-5-9-13-31)23-22-34(39(37)40)28-14-18-32(19-15-28)41-30-10-6-4-7-11-30/h4-24,26,36-38,41-42H,25H2,1-3H3. The molecule has 8 rings (SSSR count). The van der Waals surface area contributed by atoms with Crippen molar-refractivity contribution in [2.75, 3.05) is 10.6 Å². The smallest absolute Gasteiger partial charge is 0.0384 e. The first-order valence-corrected chi connectivity index (χ1v) is 15.3. The lowest BCUT2D eigenvalue weighted by molar-refractivity contribution is 0.281. The van der Waals surface area contributed by atoms with Gasteiger partial charge >= 0.3 is 0 Å². The topological polar surface area (TPSA) is 24.1 Å². The van der Waals surface area contributed by atoms with Crippen LogP contribution in [0.1, 0.15) is 50.2 Å². The van der Waals surface area contributed by atoms with Crippen molar-refractivity contribution >= 4 is 22.7 Å². The molecule has 0 fully saturated rings. The minimum absolute atomic E-state index is 0.445. The van der Waals surface area contributed by atoms with Gasteiger partial charge in [-0.15, -0.1) is 0 Å². The number of fused-ring (bicyclic) bond motifs is 1. The third kappa shape index (κ3) is 4.92. The van der Waals surface area contributed by atoms with Crippen LogP contribution in [0.15, 0.2) is 133 Å². The highest BCUT2D eigenvalue weighted by Gasteiger charge is 2.42. The van der Waals surface area contributed by atoms with Gasteiger partial charge in [0, 0.05) is 34.6 Å². The predicted molar refractivity (Wildman–Crippen MR) is 179 cm³/mol. The van der Waals surface area contributed by atoms with Crippen LogP contribution in [0.25, 0.3) is 22.3 Å². The maximum absolute atomic E-state index is 3.54. The van der Waals surface area contributed by atoms with Gasteiger partial charge < -0.3 is 10.6 Å². The van der Waals surface area contributed by atoms with E-state index in [1.807, 2.05) is 12.1 Å². The number of anilines is 4. The van der Waals surface area contributed by atoms with Crippen molar-refractivity contribution in [3.05, 3.63) is 144 Å². The molecule has 208 valence electrons. The molecule has 2 nitrogen and oxygen atoms in total. The minimum Gasteiger partial charge on any atom is -0.356 e. The maximum Gasteiger partial charge on any atom is 0.0384 e. The first-order chi connectivity index (χ1) is 20.5. The normalized spacial score (nSPS) is 18.9. The van der Waals surface area contributed by atoms with Crippen LogP contribution in [0.3, 0.4) is 0 Å². The van der Waals surface area contributed by atoms with Crippen molar-refractivity contribution < 1.29 is 0 Å². The summed E-state index contributed by atoms with van der Waals surface area (Å²) < 4.78 is 0. The minimum atomic E-state index is 0.445. The number of benzene rings is 5. The summed E-state index contributed by atoms with van der Waals surface area (Å²) >= 11 is 0. The predicted octanol–water partition coefficient (Wildman–Crippen LogP) is 11.3. The second-order valence-corrected chi connectivity index (χ2v) is 12.3. The van der Waals surface area contributed by atoms with Crippen LogP contribution in [0, 0.1) is 11.8 Å². The van der Waals surface area contributed by atoms with E-state index in [1.54, 1.807) is 11.1 Å². The lowest BCUT2D eigenvalue weighted by Gasteiger charge is -2.46. The van der Waals surface area contributed by atoms with Crippen LogP contribution in [0.4, 0.5) is 22.7 Å². The molecular weight excluding hydrogens is 508 g/mol. The van der Waals surface area contributed by atoms with Gasteiger partial charge in [-0.3, -0.25) is 0 Å². The second-order valence-electron chi connectivity index (χ2n) is 12.3. The van der Waals surface area contributed by atoms with Gasteiger partial charge in [-0.05, 0) is 107 Å². The summed E-state index contributed by atoms with van der Waals surface area (Å²) in [7, 11) is 0. The summed E-state index contributed by atoms with van der Waals surface area (Å²) in [5.74, 6) is 2.22. The molecule has 3 atom stereocenters. The first-order valence-electron chi connectivity index (χ1n) is 15.3. The summed E-state index contributed by atoms with van der Waals surface area (Å²) in [4.78, 5) is 0. The summed E-state index contributed by atoms with van der Waals surface area (Å²) in [6, 6.07) is 43.5. The Morgan fingerprint density at radius 2 is 1.00 bits per heavy atom. The SMILES string of the molecule is CC1=CC2c3c(-c4ccc(Nc5ccccc5)cc4)ccc(-c4ccc(Nc5ccccc5)cc4)c3C1CC2C(C)C. The molecular formula is C40H38N2. The van der Waals surface area contributed by atoms with Crippen molar-refractivity contribution in [3.8, 4) is 22.3 Å². The fourth-order valence-electron chi connectivity index (χ4n) is 7.17. The first kappa shape index (κ1) is 26.3. The van der Waals surface area contributed by atoms with E-state index in [0.29, 0.717) is 23.7 Å². The Hall–Kier alpha value is -4.56. The van der Waals surface area contributed by atoms with Gasteiger partial charge in [-0.2, -0.15) is 0 Å². The molecule has 0 saturated carbocycles. The molecule has 0 amide bonds. The molecule has 5 aromatic carbocycles. The number of rotatable bonds is 7. The molecule has 5 aromatic rings. The van der Waals surface area contributed by atoms with Crippen molar-refractivity contribution in [1.82, 2.24) is 0 Å². The summed E-state index contributed by atoms with van der Waals surface area (Å²) in [6.45, 7) is 7.16. The van der Waals surface area contributed by atoms with Crippen molar-refractivity contribution in [3.63, 3.8) is 0 Å². The largest absolute Gasteiger partial charge is 0.356 e. The molecule has 0 saturated heterocycles. The van der Waals surface area contributed by atoms with Crippen molar-refractivity contribution in [2.45, 2.75) is 39.0 Å². The molecule has 3 aliphatic carbocycles. The second kappa shape index (κ2) is 11.0. The van der Waals surface area contributed by atoms with Crippen LogP contribution in [-0.4, -0.2) is 0 Å². The van der Waals surface area contributed by atoms with Crippen molar-refractivity contribution in [1.29, 1.82) is 0 Å². The average Bonchev–Trinajstić information content (AvgIpc) is 3.02. The van der Waals surface area contributed by atoms with Gasteiger partial charge in [0.05, 0.1) is 0 Å². The van der Waals surface area contributed by atoms with E-state index in [4.69, 9.17) is 0 Å². The average molecular weight is 547 g/mol. The molecule has 0 spiro atoms. The highest BCUT2D eigenvalue weighted by molar-refractivity contribution is 5.82. The number of allylic oxidation sites excluding steroid dienone is 2. The Labute approximate surface area is 250 Å². The van der Waals surface area contributed by atoms with E-state index in [-0.39, 0.29) is 0 Å². The highest BCUT2D eigenvalue weighted by atomic mass is 14.9. The van der Waals surface area contributed by atoms with E-state index in [9.17, 15) is 0 Å². The summed E-state index contributed by atoms with van der Waals surface area (Å²) in [5, 5.41) is 7.07. The Morgan fingerprint density at radius 1 is 0.548 bits per heavy atom. The Morgan fingerprint density at radius 3 is 1.48 bits per heavy atom. The Balaban J connectivity index is 1.28. The van der Waals surface area contributed by atoms with E-state index in [0.717, 1.165) is 22.7 Å². The maximum atomic E-state index is 3.54. The third-order valence-corrected chi connectivity index (χ3v) is 9.30. The molecule has 3 unspecified atom stereocenters. The molecule has 0 heterocycles. The quantitative estimate of drug-likeness (QED) is 0.198. The molecule has 42 heavy (non-hydrogen) atoms. The zero-order valence-electron chi connectivity index (χ0n) is 24.6. The van der Waals surface area contributed by atoms with E-state index < -0.39 is 0 Å². The Bertz CT molecular complexity index is 1720. The zero-order valence-corrected chi connectivity index (χ0v) is 24.6. The molecule has 2 bridgehead atoms. The van der Waals surface area contributed by atoms with Crippen LogP contribution in [-0.2, 0) is 0 Å². The van der Waals surface area contributed by atoms with Gasteiger partial charge in [-0.25, -0.2) is 0 Å². The number of hydrogen-bond acceptors (Lipinski definition) is 2. The fourth-order valence-corrected chi connectivity index (χ4v) is 7.17. The summed E-state index contributed by atoms with van der Waals surface area (Å²) in [6.07, 6.45) is 3.83. The van der Waals surface area contributed by atoms with Crippen LogP contribution in [0.5, 0.6) is 0 Å². The number of hydrogen-bond donors (Lipinski definition) is 2. The van der Waals surface area contributed by atoms with Gasteiger partial charge in [0.1, 0.15) is 0 Å². The van der Waals surface area contributed by atoms with Crippen LogP contribution >= 0.6 is 0 Å². The van der Waals surface area contributed by atoms with E-state index in [2.05, 4.69) is 147 Å². The lowest BCUT2D eigenvalue weighted by Crippen LogP contribution is -2.32. The van der Waals surface area contributed by atoms with Crippen LogP contribution < -0.4 is 10.6 Å². The van der Waals surface area contributed by atoms with Gasteiger partial charge in [-0.1, -0.05) is 98.3 Å². The van der Waals surface area contributed by atoms with Gasteiger partial charge in [0.2, 0.25) is 0 Å². The van der Waals surface area contributed by atoms with Crippen molar-refractivity contribution in [2.24, 2.45) is 11.8 Å². The van der Waals surface area contributed by atoms with E-state index in [1.165, 1.54) is 34.2 Å². The van der Waals surface area contributed by atoms with Gasteiger partial charge in [0.25, 0.3) is 0 Å². The molecule has 0 aliphatic heterocycles. The number of nitrogens with one attached hydrogen (secondary N) is 2. The molecule has 2 heteroatoms. The highest BCUT2D eigenvalue weighted by Crippen LogP contribution is 2.58. The van der Waals surface area contributed by atoms with E-state index >= 15 is 0 Å². The van der Waals surface area contributed by atoms with Gasteiger partial charge in [0.15, 0.2) is 0 Å². The Kier molecular flexibility index (Phi) is 6.91. The molecule has 3 aliphatic rings. The third-order valence-electron chi connectivity index (χ3n) is 9.30. The summed E-state index contributed by atoms with van der Waals surface area (Å²) in [5.41, 5.74) is 14.4. The zero-order chi connectivity index (χ0) is 28.6. The molecule has 0 radical (unpaired) electrons. The molecule has 2 N–H and O–H groups in total. The fraction of sp³-hybridized carbons (Fsp3) is 0.200. The number of para-hydroxylation sites is 2. The van der Waals surface area contributed by atoms with Crippen LogP contribution in [0.2, 0.25) is 0 Å².